The highest BCUT2D eigenvalue weighted by molar-refractivity contribution is 5.26. The van der Waals surface area contributed by atoms with E-state index in [4.69, 9.17) is 14.9 Å². The molecule has 0 saturated heterocycles. The summed E-state index contributed by atoms with van der Waals surface area (Å²) in [6.07, 6.45) is 0. The Morgan fingerprint density at radius 1 is 1.13 bits per heavy atom. The van der Waals surface area contributed by atoms with E-state index in [0.717, 1.165) is 5.75 Å². The molecule has 3 heteroatoms. The monoisotopic (exact) mass is 210 g/mol. The van der Waals surface area contributed by atoms with E-state index in [1.165, 1.54) is 5.56 Å². The highest BCUT2D eigenvalue weighted by atomic mass is 16.5. The van der Waals surface area contributed by atoms with Crippen molar-refractivity contribution in [3.8, 4) is 5.75 Å². The van der Waals surface area contributed by atoms with Gasteiger partial charge in [0.15, 0.2) is 0 Å². The third-order valence-electron chi connectivity index (χ3n) is 2.37. The molecule has 0 radical (unpaired) electrons. The van der Waals surface area contributed by atoms with E-state index in [1.807, 2.05) is 31.2 Å². The van der Waals surface area contributed by atoms with E-state index in [9.17, 15) is 0 Å². The molecule has 0 atom stereocenters. The van der Waals surface area contributed by atoms with Crippen LogP contribution >= 0.6 is 0 Å². The Hall–Kier alpha value is -1.06. The zero-order chi connectivity index (χ0) is 11.3. The molecular weight excluding hydrogens is 192 g/mol. The van der Waals surface area contributed by atoms with Crippen LogP contribution in [0.2, 0.25) is 0 Å². The van der Waals surface area contributed by atoms with Crippen molar-refractivity contribution in [1.29, 1.82) is 0 Å². The standard InChI is InChI=1S/C12H18O3/c1-10-3-5-11(6-4-10)15-9-12(2,7-13)8-14/h3-6,13-14H,7-9H2,1-2H3. The number of hydrogen-bond donors (Lipinski definition) is 2. The Kier molecular flexibility index (Phi) is 4.12. The lowest BCUT2D eigenvalue weighted by Gasteiger charge is -2.24. The summed E-state index contributed by atoms with van der Waals surface area (Å²) in [5.41, 5.74) is 0.597. The predicted octanol–water partition coefficient (Wildman–Crippen LogP) is 1.36. The first-order valence-corrected chi connectivity index (χ1v) is 5.01. The van der Waals surface area contributed by atoms with Gasteiger partial charge in [0.1, 0.15) is 5.75 Å². The van der Waals surface area contributed by atoms with Crippen LogP contribution < -0.4 is 4.74 Å². The molecule has 1 aromatic rings. The van der Waals surface area contributed by atoms with E-state index in [0.29, 0.717) is 6.61 Å². The third-order valence-corrected chi connectivity index (χ3v) is 2.37. The van der Waals surface area contributed by atoms with Gasteiger partial charge in [-0.2, -0.15) is 0 Å². The van der Waals surface area contributed by atoms with Gasteiger partial charge in [0.25, 0.3) is 0 Å². The molecule has 0 bridgehead atoms. The third kappa shape index (κ3) is 3.53. The lowest BCUT2D eigenvalue weighted by atomic mass is 9.94. The molecule has 1 rings (SSSR count). The first-order valence-electron chi connectivity index (χ1n) is 5.01. The van der Waals surface area contributed by atoms with Crippen molar-refractivity contribution in [2.45, 2.75) is 13.8 Å². The Morgan fingerprint density at radius 2 is 1.67 bits per heavy atom. The maximum atomic E-state index is 9.07. The SMILES string of the molecule is Cc1ccc(OCC(C)(CO)CO)cc1. The average Bonchev–Trinajstić information content (AvgIpc) is 2.28. The Morgan fingerprint density at radius 3 is 2.13 bits per heavy atom. The van der Waals surface area contributed by atoms with Gasteiger partial charge in [-0.25, -0.2) is 0 Å². The van der Waals surface area contributed by atoms with Crippen LogP contribution in [0.5, 0.6) is 5.75 Å². The fourth-order valence-corrected chi connectivity index (χ4v) is 1.03. The van der Waals surface area contributed by atoms with Gasteiger partial charge in [0, 0.05) is 5.41 Å². The van der Waals surface area contributed by atoms with Gasteiger partial charge in [-0.1, -0.05) is 24.6 Å². The summed E-state index contributed by atoms with van der Waals surface area (Å²) in [6, 6.07) is 7.68. The van der Waals surface area contributed by atoms with E-state index in [2.05, 4.69) is 0 Å². The van der Waals surface area contributed by atoms with Gasteiger partial charge in [-0.3, -0.25) is 0 Å². The molecule has 3 nitrogen and oxygen atoms in total. The van der Waals surface area contributed by atoms with Crippen molar-refractivity contribution in [3.63, 3.8) is 0 Å². The lowest BCUT2D eigenvalue weighted by Crippen LogP contribution is -2.32. The highest BCUT2D eigenvalue weighted by Crippen LogP contribution is 2.18. The highest BCUT2D eigenvalue weighted by Gasteiger charge is 2.23. The fraction of sp³-hybridized carbons (Fsp3) is 0.500. The minimum Gasteiger partial charge on any atom is -0.493 e. The molecule has 1 aromatic carbocycles. The number of aryl methyl sites for hydroxylation is 1. The molecule has 0 spiro atoms. The zero-order valence-electron chi connectivity index (χ0n) is 9.23. The summed E-state index contributed by atoms with van der Waals surface area (Å²) in [4.78, 5) is 0. The molecule has 0 unspecified atom stereocenters. The van der Waals surface area contributed by atoms with E-state index >= 15 is 0 Å². The van der Waals surface area contributed by atoms with Crippen LogP contribution in [0, 0.1) is 12.3 Å². The van der Waals surface area contributed by atoms with Gasteiger partial charge in [-0.15, -0.1) is 0 Å². The summed E-state index contributed by atoms with van der Waals surface area (Å²) >= 11 is 0. The maximum absolute atomic E-state index is 9.07. The second-order valence-corrected chi connectivity index (χ2v) is 4.23. The zero-order valence-corrected chi connectivity index (χ0v) is 9.23. The summed E-state index contributed by atoms with van der Waals surface area (Å²) in [7, 11) is 0. The molecule has 2 N–H and O–H groups in total. The molecule has 0 aromatic heterocycles. The largest absolute Gasteiger partial charge is 0.493 e. The van der Waals surface area contributed by atoms with Gasteiger partial charge >= 0.3 is 0 Å². The quantitative estimate of drug-likeness (QED) is 0.771. The topological polar surface area (TPSA) is 49.7 Å². The molecule has 0 fully saturated rings. The molecular formula is C12H18O3. The predicted molar refractivity (Wildman–Crippen MR) is 59.0 cm³/mol. The maximum Gasteiger partial charge on any atom is 0.119 e. The number of rotatable bonds is 5. The van der Waals surface area contributed by atoms with Crippen molar-refractivity contribution in [2.75, 3.05) is 19.8 Å². The Balaban J connectivity index is 2.53. The molecule has 15 heavy (non-hydrogen) atoms. The Bertz CT molecular complexity index is 288. The van der Waals surface area contributed by atoms with Gasteiger partial charge in [0.2, 0.25) is 0 Å². The number of aliphatic hydroxyl groups excluding tert-OH is 2. The average molecular weight is 210 g/mol. The second kappa shape index (κ2) is 5.14. The number of aliphatic hydroxyl groups is 2. The van der Waals surface area contributed by atoms with Crippen LogP contribution in [0.15, 0.2) is 24.3 Å². The first-order chi connectivity index (χ1) is 7.09. The van der Waals surface area contributed by atoms with Crippen molar-refractivity contribution in [3.05, 3.63) is 29.8 Å². The molecule has 0 amide bonds. The summed E-state index contributed by atoms with van der Waals surface area (Å²) in [5, 5.41) is 18.1. The van der Waals surface area contributed by atoms with Crippen molar-refractivity contribution in [2.24, 2.45) is 5.41 Å². The Labute approximate surface area is 90.3 Å². The minimum atomic E-state index is -0.578. The summed E-state index contributed by atoms with van der Waals surface area (Å²) < 4.78 is 5.49. The summed E-state index contributed by atoms with van der Waals surface area (Å²) in [6.45, 7) is 3.92. The van der Waals surface area contributed by atoms with Gasteiger partial charge in [0.05, 0.1) is 19.8 Å². The molecule has 0 heterocycles. The summed E-state index contributed by atoms with van der Waals surface area (Å²) in [5.74, 6) is 0.758. The van der Waals surface area contributed by atoms with Crippen LogP contribution in [0.4, 0.5) is 0 Å². The van der Waals surface area contributed by atoms with Crippen molar-refractivity contribution in [1.82, 2.24) is 0 Å². The van der Waals surface area contributed by atoms with Gasteiger partial charge in [-0.05, 0) is 19.1 Å². The number of hydrogen-bond acceptors (Lipinski definition) is 3. The van der Waals surface area contributed by atoms with Crippen LogP contribution in [0.1, 0.15) is 12.5 Å². The van der Waals surface area contributed by atoms with E-state index in [-0.39, 0.29) is 13.2 Å². The molecule has 0 saturated carbocycles. The lowest BCUT2D eigenvalue weighted by molar-refractivity contribution is 0.0287. The first kappa shape index (κ1) is 12.0. The molecule has 0 aliphatic heterocycles. The molecule has 0 aliphatic rings. The number of ether oxygens (including phenoxy) is 1. The minimum absolute atomic E-state index is 0.0879. The van der Waals surface area contributed by atoms with E-state index < -0.39 is 5.41 Å². The van der Waals surface area contributed by atoms with Crippen LogP contribution in [-0.4, -0.2) is 30.0 Å². The second-order valence-electron chi connectivity index (χ2n) is 4.23. The normalized spacial score (nSPS) is 11.5. The molecule has 0 aliphatic carbocycles. The van der Waals surface area contributed by atoms with Crippen molar-refractivity contribution >= 4 is 0 Å². The van der Waals surface area contributed by atoms with Crippen LogP contribution in [-0.2, 0) is 0 Å². The van der Waals surface area contributed by atoms with E-state index in [1.54, 1.807) is 6.92 Å². The number of benzene rings is 1. The smallest absolute Gasteiger partial charge is 0.119 e. The van der Waals surface area contributed by atoms with Crippen LogP contribution in [0.3, 0.4) is 0 Å². The molecule has 84 valence electrons. The van der Waals surface area contributed by atoms with Crippen molar-refractivity contribution < 1.29 is 14.9 Å². The van der Waals surface area contributed by atoms with Crippen LogP contribution in [0.25, 0.3) is 0 Å². The van der Waals surface area contributed by atoms with Gasteiger partial charge < -0.3 is 14.9 Å². The fourth-order valence-electron chi connectivity index (χ4n) is 1.03.